The molecule has 20 heavy (non-hydrogen) atoms. The molecule has 0 bridgehead atoms. The van der Waals surface area contributed by atoms with Crippen molar-refractivity contribution >= 4 is 22.7 Å². The molecule has 6 heteroatoms. The summed E-state index contributed by atoms with van der Waals surface area (Å²) >= 11 is 3.40. The Morgan fingerprint density at radius 1 is 1.20 bits per heavy atom. The van der Waals surface area contributed by atoms with E-state index in [0.29, 0.717) is 18.3 Å². The summed E-state index contributed by atoms with van der Waals surface area (Å²) in [5.41, 5.74) is 1.34. The number of hydrogen-bond donors (Lipinski definition) is 0. The van der Waals surface area contributed by atoms with Gasteiger partial charge in [-0.3, -0.25) is 4.90 Å². The molecule has 0 saturated heterocycles. The summed E-state index contributed by atoms with van der Waals surface area (Å²) in [6.45, 7) is 3.71. The van der Waals surface area contributed by atoms with Gasteiger partial charge in [0.05, 0.1) is 11.4 Å². The highest BCUT2D eigenvalue weighted by Gasteiger charge is 2.12. The van der Waals surface area contributed by atoms with Gasteiger partial charge in [-0.05, 0) is 42.4 Å². The first-order chi connectivity index (χ1) is 9.72. The van der Waals surface area contributed by atoms with Crippen molar-refractivity contribution in [2.45, 2.75) is 20.0 Å². The van der Waals surface area contributed by atoms with Crippen molar-refractivity contribution < 1.29 is 4.52 Å². The van der Waals surface area contributed by atoms with Gasteiger partial charge in [-0.2, -0.15) is 4.98 Å². The fourth-order valence-electron chi connectivity index (χ4n) is 1.92. The normalized spacial score (nSPS) is 11.3. The number of hydrogen-bond acceptors (Lipinski definition) is 6. The number of aryl methyl sites for hydroxylation is 1. The van der Waals surface area contributed by atoms with Gasteiger partial charge in [-0.1, -0.05) is 11.2 Å². The standard InChI is InChI=1S/C14H15N3OS2/c1-10-5-7-20-12(10)8-17(2)9-13-15-14(16-18-13)11-4-3-6-19-11/h3-7H,8-9H2,1-2H3. The molecule has 3 rings (SSSR count). The van der Waals surface area contributed by atoms with Gasteiger partial charge in [-0.25, -0.2) is 0 Å². The molecule has 0 saturated carbocycles. The second kappa shape index (κ2) is 5.87. The average molecular weight is 305 g/mol. The number of nitrogens with zero attached hydrogens (tertiary/aromatic N) is 3. The summed E-state index contributed by atoms with van der Waals surface area (Å²) in [6, 6.07) is 6.13. The topological polar surface area (TPSA) is 42.2 Å². The van der Waals surface area contributed by atoms with Gasteiger partial charge in [0.1, 0.15) is 0 Å². The van der Waals surface area contributed by atoms with Gasteiger partial charge in [-0.15, -0.1) is 22.7 Å². The zero-order chi connectivity index (χ0) is 13.9. The minimum Gasteiger partial charge on any atom is -0.338 e. The van der Waals surface area contributed by atoms with Crippen molar-refractivity contribution in [3.05, 3.63) is 45.3 Å². The van der Waals surface area contributed by atoms with Crippen LogP contribution in [0.2, 0.25) is 0 Å². The summed E-state index contributed by atoms with van der Waals surface area (Å²) in [5, 5.41) is 8.16. The Hall–Kier alpha value is -1.50. The number of thiophene rings is 2. The predicted octanol–water partition coefficient (Wildman–Crippen LogP) is 3.80. The summed E-state index contributed by atoms with van der Waals surface area (Å²) in [7, 11) is 2.06. The summed E-state index contributed by atoms with van der Waals surface area (Å²) < 4.78 is 5.32. The van der Waals surface area contributed by atoms with Crippen LogP contribution in [0.25, 0.3) is 10.7 Å². The first-order valence-electron chi connectivity index (χ1n) is 6.30. The maximum Gasteiger partial charge on any atom is 0.241 e. The van der Waals surface area contributed by atoms with Crippen LogP contribution in [0.1, 0.15) is 16.3 Å². The lowest BCUT2D eigenvalue weighted by Crippen LogP contribution is -2.17. The van der Waals surface area contributed by atoms with Crippen LogP contribution >= 0.6 is 22.7 Å². The summed E-state index contributed by atoms with van der Waals surface area (Å²) in [6.07, 6.45) is 0. The lowest BCUT2D eigenvalue weighted by molar-refractivity contribution is 0.262. The third-order valence-electron chi connectivity index (χ3n) is 3.00. The molecule has 0 radical (unpaired) electrons. The minimum atomic E-state index is 0.658. The molecule has 0 aliphatic carbocycles. The van der Waals surface area contributed by atoms with E-state index in [-0.39, 0.29) is 0 Å². The van der Waals surface area contributed by atoms with Gasteiger partial charge >= 0.3 is 0 Å². The molecular weight excluding hydrogens is 290 g/mol. The van der Waals surface area contributed by atoms with E-state index in [2.05, 4.69) is 40.5 Å². The smallest absolute Gasteiger partial charge is 0.241 e. The average Bonchev–Trinajstić information content (AvgIpc) is 3.12. The van der Waals surface area contributed by atoms with Gasteiger partial charge < -0.3 is 4.52 Å². The highest BCUT2D eigenvalue weighted by Crippen LogP contribution is 2.22. The summed E-state index contributed by atoms with van der Waals surface area (Å²) in [5.74, 6) is 1.33. The Balaban J connectivity index is 1.65. The molecule has 0 N–H and O–H groups in total. The molecule has 0 spiro atoms. The highest BCUT2D eigenvalue weighted by molar-refractivity contribution is 7.13. The molecule has 0 unspecified atom stereocenters. The van der Waals surface area contributed by atoms with Crippen LogP contribution in [0, 0.1) is 6.92 Å². The van der Waals surface area contributed by atoms with Crippen LogP contribution in [-0.2, 0) is 13.1 Å². The quantitative estimate of drug-likeness (QED) is 0.719. The van der Waals surface area contributed by atoms with E-state index in [1.807, 2.05) is 17.5 Å². The molecule has 0 aliphatic rings. The molecule has 3 heterocycles. The Morgan fingerprint density at radius 3 is 2.80 bits per heavy atom. The van der Waals surface area contributed by atoms with Gasteiger partial charge in [0, 0.05) is 11.4 Å². The molecule has 0 amide bonds. The Labute approximate surface area is 125 Å². The second-order valence-electron chi connectivity index (χ2n) is 4.69. The fourth-order valence-corrected chi connectivity index (χ4v) is 3.56. The highest BCUT2D eigenvalue weighted by atomic mass is 32.1. The molecule has 104 valence electrons. The zero-order valence-corrected chi connectivity index (χ0v) is 13.0. The molecule has 0 fully saturated rings. The Bertz CT molecular complexity index is 672. The van der Waals surface area contributed by atoms with Gasteiger partial charge in [0.25, 0.3) is 0 Å². The van der Waals surface area contributed by atoms with Crippen LogP contribution in [0.4, 0.5) is 0 Å². The second-order valence-corrected chi connectivity index (χ2v) is 6.64. The van der Waals surface area contributed by atoms with Gasteiger partial charge in [0.15, 0.2) is 0 Å². The Kier molecular flexibility index (Phi) is 3.95. The molecule has 3 aromatic heterocycles. The van der Waals surface area contributed by atoms with Gasteiger partial charge in [0.2, 0.25) is 11.7 Å². The lowest BCUT2D eigenvalue weighted by atomic mass is 10.3. The van der Waals surface area contributed by atoms with Crippen LogP contribution in [0.5, 0.6) is 0 Å². The monoisotopic (exact) mass is 305 g/mol. The van der Waals surface area contributed by atoms with E-state index in [9.17, 15) is 0 Å². The first kappa shape index (κ1) is 13.5. The molecule has 0 aliphatic heterocycles. The number of aromatic nitrogens is 2. The molecular formula is C14H15N3OS2. The SMILES string of the molecule is Cc1ccsc1CN(C)Cc1nc(-c2cccs2)no1. The van der Waals surface area contributed by atoms with Crippen LogP contribution < -0.4 is 0 Å². The fraction of sp³-hybridized carbons (Fsp3) is 0.286. The van der Waals surface area contributed by atoms with E-state index >= 15 is 0 Å². The predicted molar refractivity (Wildman–Crippen MR) is 81.8 cm³/mol. The van der Waals surface area contributed by atoms with Crippen molar-refractivity contribution in [3.63, 3.8) is 0 Å². The molecule has 0 aromatic carbocycles. The van der Waals surface area contributed by atoms with E-state index in [0.717, 1.165) is 11.4 Å². The minimum absolute atomic E-state index is 0.658. The van der Waals surface area contributed by atoms with E-state index in [1.54, 1.807) is 22.7 Å². The van der Waals surface area contributed by atoms with Crippen LogP contribution in [0.15, 0.2) is 33.5 Å². The van der Waals surface area contributed by atoms with E-state index in [1.165, 1.54) is 10.4 Å². The van der Waals surface area contributed by atoms with Crippen LogP contribution in [-0.4, -0.2) is 22.1 Å². The van der Waals surface area contributed by atoms with Crippen molar-refractivity contribution in [2.75, 3.05) is 7.05 Å². The maximum atomic E-state index is 5.32. The summed E-state index contributed by atoms with van der Waals surface area (Å²) in [4.78, 5) is 9.04. The van der Waals surface area contributed by atoms with Crippen molar-refractivity contribution in [3.8, 4) is 10.7 Å². The third kappa shape index (κ3) is 2.98. The zero-order valence-electron chi connectivity index (χ0n) is 11.4. The molecule has 0 atom stereocenters. The maximum absolute atomic E-state index is 5.32. The van der Waals surface area contributed by atoms with E-state index in [4.69, 9.17) is 4.52 Å². The largest absolute Gasteiger partial charge is 0.338 e. The lowest BCUT2D eigenvalue weighted by Gasteiger charge is -2.13. The third-order valence-corrected chi connectivity index (χ3v) is 4.87. The van der Waals surface area contributed by atoms with Crippen molar-refractivity contribution in [1.29, 1.82) is 0 Å². The van der Waals surface area contributed by atoms with Crippen molar-refractivity contribution in [1.82, 2.24) is 15.0 Å². The first-order valence-corrected chi connectivity index (χ1v) is 8.06. The van der Waals surface area contributed by atoms with Crippen molar-refractivity contribution in [2.24, 2.45) is 0 Å². The molecule has 3 aromatic rings. The van der Waals surface area contributed by atoms with Crippen LogP contribution in [0.3, 0.4) is 0 Å². The van der Waals surface area contributed by atoms with E-state index < -0.39 is 0 Å². The molecule has 4 nitrogen and oxygen atoms in total. The number of rotatable bonds is 5. The Morgan fingerprint density at radius 2 is 2.10 bits per heavy atom.